The lowest BCUT2D eigenvalue weighted by Gasteiger charge is -2.12. The third-order valence-electron chi connectivity index (χ3n) is 7.18. The molecule has 0 N–H and O–H groups in total. The molecule has 5 aromatic carbocycles. The van der Waals surface area contributed by atoms with Gasteiger partial charge in [0.1, 0.15) is 10.0 Å². The Morgan fingerprint density at radius 3 is 1.77 bits per heavy atom. The number of para-hydroxylation sites is 3. The maximum Gasteiger partial charge on any atom is 0.124 e. The predicted molar refractivity (Wildman–Crippen MR) is 170 cm³/mol. The fourth-order valence-electron chi connectivity index (χ4n) is 5.21. The lowest BCUT2D eigenvalue weighted by Crippen LogP contribution is -1.88. The summed E-state index contributed by atoms with van der Waals surface area (Å²) in [6.45, 7) is 0. The lowest BCUT2D eigenvalue weighted by molar-refractivity contribution is 1.41. The van der Waals surface area contributed by atoms with E-state index >= 15 is 0 Å². The van der Waals surface area contributed by atoms with E-state index in [-0.39, 0.29) is 0 Å². The Balaban J connectivity index is 1.28. The number of aromatic nitrogens is 3. The van der Waals surface area contributed by atoms with Gasteiger partial charge in [-0.1, -0.05) is 72.8 Å². The third-order valence-corrected chi connectivity index (χ3v) is 9.35. The van der Waals surface area contributed by atoms with E-state index in [1.165, 1.54) is 9.40 Å². The minimum Gasteiger partial charge on any atom is -0.256 e. The average molecular weight is 548 g/mol. The van der Waals surface area contributed by atoms with Crippen LogP contribution in [-0.4, -0.2) is 15.0 Å². The van der Waals surface area contributed by atoms with Crippen molar-refractivity contribution in [3.05, 3.63) is 128 Å². The zero-order valence-corrected chi connectivity index (χ0v) is 22.9. The molecule has 5 heteroatoms. The topological polar surface area (TPSA) is 38.7 Å². The van der Waals surface area contributed by atoms with Gasteiger partial charge in [-0.25, -0.2) is 9.97 Å². The van der Waals surface area contributed by atoms with Crippen LogP contribution in [0.5, 0.6) is 0 Å². The maximum absolute atomic E-state index is 4.99. The first-order chi connectivity index (χ1) is 19.8. The molecule has 40 heavy (non-hydrogen) atoms. The van der Waals surface area contributed by atoms with Gasteiger partial charge in [0, 0.05) is 28.3 Å². The minimum absolute atomic E-state index is 1.00. The molecule has 0 aliphatic rings. The van der Waals surface area contributed by atoms with Gasteiger partial charge >= 0.3 is 0 Å². The van der Waals surface area contributed by atoms with Crippen molar-refractivity contribution in [3.8, 4) is 43.4 Å². The van der Waals surface area contributed by atoms with E-state index in [1.807, 2.05) is 24.4 Å². The quantitative estimate of drug-likeness (QED) is 0.220. The van der Waals surface area contributed by atoms with E-state index < -0.39 is 0 Å². The van der Waals surface area contributed by atoms with Gasteiger partial charge in [0.25, 0.3) is 0 Å². The summed E-state index contributed by atoms with van der Waals surface area (Å²) in [6.07, 6.45) is 1.87. The number of benzene rings is 5. The van der Waals surface area contributed by atoms with Crippen molar-refractivity contribution in [2.75, 3.05) is 0 Å². The van der Waals surface area contributed by atoms with E-state index in [4.69, 9.17) is 15.0 Å². The summed E-state index contributed by atoms with van der Waals surface area (Å²) in [4.78, 5) is 14.6. The van der Waals surface area contributed by atoms with Gasteiger partial charge in [-0.15, -0.1) is 22.7 Å². The van der Waals surface area contributed by atoms with Crippen LogP contribution in [0.25, 0.3) is 74.7 Å². The smallest absolute Gasteiger partial charge is 0.124 e. The molecular formula is C35H21N3S2. The monoisotopic (exact) mass is 547 g/mol. The normalized spacial score (nSPS) is 11.5. The van der Waals surface area contributed by atoms with Crippen molar-refractivity contribution in [2.24, 2.45) is 0 Å². The van der Waals surface area contributed by atoms with Crippen LogP contribution in [0.3, 0.4) is 0 Å². The standard InChI is InChI=1S/C35H21N3S2/c1-3-12-31-29(10-1)37-34(39-31)24-16-14-22(15-17-24)25-19-26(28-9-5-7-23-8-6-18-36-33(23)28)21-27(20-25)35-38-30-11-2-4-13-32(30)40-35/h1-21H. The number of rotatable bonds is 4. The maximum atomic E-state index is 4.99. The molecular weight excluding hydrogens is 527 g/mol. The van der Waals surface area contributed by atoms with Crippen molar-refractivity contribution in [1.82, 2.24) is 15.0 Å². The molecule has 0 unspecified atom stereocenters. The van der Waals surface area contributed by atoms with Gasteiger partial charge < -0.3 is 0 Å². The van der Waals surface area contributed by atoms with Crippen LogP contribution in [0.4, 0.5) is 0 Å². The van der Waals surface area contributed by atoms with Crippen LogP contribution >= 0.6 is 22.7 Å². The molecule has 0 radical (unpaired) electrons. The molecule has 0 spiro atoms. The molecule has 0 saturated heterocycles. The Kier molecular flexibility index (Phi) is 5.50. The highest BCUT2D eigenvalue weighted by Gasteiger charge is 2.14. The van der Waals surface area contributed by atoms with Crippen LogP contribution in [0.2, 0.25) is 0 Å². The molecule has 3 nitrogen and oxygen atoms in total. The highest BCUT2D eigenvalue weighted by Crippen LogP contribution is 2.38. The summed E-state index contributed by atoms with van der Waals surface area (Å²) in [7, 11) is 0. The molecule has 8 aromatic rings. The van der Waals surface area contributed by atoms with Crippen molar-refractivity contribution >= 4 is 54.0 Å². The fraction of sp³-hybridized carbons (Fsp3) is 0. The Labute approximate surface area is 239 Å². The van der Waals surface area contributed by atoms with Crippen LogP contribution in [-0.2, 0) is 0 Å². The largest absolute Gasteiger partial charge is 0.256 e. The second-order valence-corrected chi connectivity index (χ2v) is 11.8. The van der Waals surface area contributed by atoms with Gasteiger partial charge in [0.2, 0.25) is 0 Å². The van der Waals surface area contributed by atoms with Gasteiger partial charge in [-0.2, -0.15) is 0 Å². The highest BCUT2D eigenvalue weighted by atomic mass is 32.1. The first-order valence-electron chi connectivity index (χ1n) is 13.1. The lowest BCUT2D eigenvalue weighted by atomic mass is 9.94. The molecule has 0 aliphatic heterocycles. The second kappa shape index (κ2) is 9.49. The molecule has 0 bridgehead atoms. The number of nitrogens with zero attached hydrogens (tertiary/aromatic N) is 3. The number of fused-ring (bicyclic) bond motifs is 3. The number of pyridine rings is 1. The van der Waals surface area contributed by atoms with Gasteiger partial charge in [0.15, 0.2) is 0 Å². The van der Waals surface area contributed by atoms with Crippen molar-refractivity contribution in [2.45, 2.75) is 0 Å². The van der Waals surface area contributed by atoms with E-state index in [0.29, 0.717) is 0 Å². The highest BCUT2D eigenvalue weighted by molar-refractivity contribution is 7.22. The number of hydrogen-bond donors (Lipinski definition) is 0. The molecule has 8 rings (SSSR count). The number of thiazole rings is 2. The molecule has 0 aliphatic carbocycles. The van der Waals surface area contributed by atoms with Gasteiger partial charge in [-0.05, 0) is 65.2 Å². The first-order valence-corrected chi connectivity index (χ1v) is 14.7. The van der Waals surface area contributed by atoms with E-state index in [0.717, 1.165) is 65.3 Å². The Hall–Kier alpha value is -4.71. The van der Waals surface area contributed by atoms with E-state index in [9.17, 15) is 0 Å². The van der Waals surface area contributed by atoms with Crippen LogP contribution in [0.1, 0.15) is 0 Å². The van der Waals surface area contributed by atoms with Crippen LogP contribution < -0.4 is 0 Å². The summed E-state index contributed by atoms with van der Waals surface area (Å²) in [5.74, 6) is 0. The second-order valence-electron chi connectivity index (χ2n) is 9.73. The molecule has 0 fully saturated rings. The minimum atomic E-state index is 1.00. The van der Waals surface area contributed by atoms with Gasteiger partial charge in [-0.3, -0.25) is 4.98 Å². The molecule has 0 saturated carbocycles. The third kappa shape index (κ3) is 4.08. The molecule has 3 aromatic heterocycles. The predicted octanol–water partition coefficient (Wildman–Crippen LogP) is 10.1. The summed E-state index contributed by atoms with van der Waals surface area (Å²) in [6, 6.07) is 42.6. The first kappa shape index (κ1) is 23.2. The Morgan fingerprint density at radius 2 is 1.05 bits per heavy atom. The molecule has 0 atom stereocenters. The van der Waals surface area contributed by atoms with Crippen LogP contribution in [0, 0.1) is 0 Å². The fourth-order valence-corrected chi connectivity index (χ4v) is 7.13. The summed E-state index contributed by atoms with van der Waals surface area (Å²) < 4.78 is 2.40. The van der Waals surface area contributed by atoms with E-state index in [1.54, 1.807) is 22.7 Å². The molecule has 3 heterocycles. The van der Waals surface area contributed by atoms with Crippen molar-refractivity contribution < 1.29 is 0 Å². The van der Waals surface area contributed by atoms with Crippen LogP contribution in [0.15, 0.2) is 128 Å². The summed E-state index contributed by atoms with van der Waals surface area (Å²) in [5.41, 5.74) is 9.87. The van der Waals surface area contributed by atoms with Crippen molar-refractivity contribution in [3.63, 3.8) is 0 Å². The SMILES string of the molecule is c1cnc2c(-c3cc(-c4ccc(-c5nc6ccccc6s5)cc4)cc(-c4nc5ccccc5s4)c3)cccc2c1. The number of hydrogen-bond acceptors (Lipinski definition) is 5. The Morgan fingerprint density at radius 1 is 0.450 bits per heavy atom. The van der Waals surface area contributed by atoms with E-state index in [2.05, 4.69) is 103 Å². The summed E-state index contributed by atoms with van der Waals surface area (Å²) >= 11 is 3.46. The average Bonchev–Trinajstić information content (AvgIpc) is 3.66. The zero-order chi connectivity index (χ0) is 26.5. The van der Waals surface area contributed by atoms with Crippen molar-refractivity contribution in [1.29, 1.82) is 0 Å². The molecule has 0 amide bonds. The Bertz CT molecular complexity index is 2100. The van der Waals surface area contributed by atoms with Gasteiger partial charge in [0.05, 0.1) is 25.9 Å². The molecule has 188 valence electrons. The zero-order valence-electron chi connectivity index (χ0n) is 21.3. The summed E-state index contributed by atoms with van der Waals surface area (Å²) in [5, 5.41) is 3.19.